The number of carbonyl (C=O) groups excluding carboxylic acids is 2. The molecule has 0 unspecified atom stereocenters. The number of nitrogens with zero attached hydrogens (tertiary/aromatic N) is 1. The van der Waals surface area contributed by atoms with Gasteiger partial charge in [-0.2, -0.15) is 4.31 Å². The zero-order valence-electron chi connectivity index (χ0n) is 15.2. The Bertz CT molecular complexity index is 1020. The van der Waals surface area contributed by atoms with Crippen molar-refractivity contribution in [3.63, 3.8) is 0 Å². The van der Waals surface area contributed by atoms with Crippen molar-refractivity contribution in [2.75, 3.05) is 21.3 Å². The second-order valence-corrected chi connectivity index (χ2v) is 8.53. The third-order valence-corrected chi connectivity index (χ3v) is 6.47. The smallest absolute Gasteiger partial charge is 0.339 e. The molecule has 7 nitrogen and oxygen atoms in total. The number of methoxy groups -OCH3 is 2. The highest BCUT2D eigenvalue weighted by Crippen LogP contribution is 2.26. The van der Waals surface area contributed by atoms with Crippen LogP contribution >= 0.6 is 23.2 Å². The third kappa shape index (κ3) is 4.64. The number of halogens is 2. The number of benzene rings is 2. The van der Waals surface area contributed by atoms with Crippen molar-refractivity contribution < 1.29 is 27.5 Å². The molecule has 0 radical (unpaired) electrons. The summed E-state index contributed by atoms with van der Waals surface area (Å²) in [7, 11) is -0.525. The number of ether oxygens (including phenoxy) is 2. The molecule has 0 N–H and O–H groups in total. The van der Waals surface area contributed by atoms with Crippen molar-refractivity contribution in [3.05, 3.63) is 63.1 Å². The fraction of sp³-hybridized carbons (Fsp3) is 0.222. The van der Waals surface area contributed by atoms with Crippen molar-refractivity contribution in [3.8, 4) is 0 Å². The second-order valence-electron chi connectivity index (χ2n) is 5.70. The monoisotopic (exact) mass is 445 g/mol. The molecular weight excluding hydrogens is 429 g/mol. The highest BCUT2D eigenvalue weighted by molar-refractivity contribution is 7.89. The predicted molar refractivity (Wildman–Crippen MR) is 104 cm³/mol. The minimum absolute atomic E-state index is 0.0170. The van der Waals surface area contributed by atoms with Crippen LogP contribution in [0.4, 0.5) is 0 Å². The number of esters is 2. The molecule has 10 heteroatoms. The van der Waals surface area contributed by atoms with Crippen molar-refractivity contribution in [2.45, 2.75) is 11.4 Å². The molecule has 0 heterocycles. The average molecular weight is 446 g/mol. The van der Waals surface area contributed by atoms with Gasteiger partial charge in [0.1, 0.15) is 0 Å². The van der Waals surface area contributed by atoms with Crippen LogP contribution in [0.1, 0.15) is 26.3 Å². The quantitative estimate of drug-likeness (QED) is 0.632. The lowest BCUT2D eigenvalue weighted by Gasteiger charge is -2.19. The fourth-order valence-electron chi connectivity index (χ4n) is 2.41. The van der Waals surface area contributed by atoms with Gasteiger partial charge in [0.05, 0.1) is 40.3 Å². The van der Waals surface area contributed by atoms with E-state index in [1.165, 1.54) is 26.3 Å². The Morgan fingerprint density at radius 2 is 1.61 bits per heavy atom. The van der Waals surface area contributed by atoms with Gasteiger partial charge in [0, 0.05) is 13.6 Å². The van der Waals surface area contributed by atoms with Gasteiger partial charge in [-0.15, -0.1) is 0 Å². The highest BCUT2D eigenvalue weighted by atomic mass is 35.5. The van der Waals surface area contributed by atoms with Gasteiger partial charge in [0.2, 0.25) is 10.0 Å². The van der Waals surface area contributed by atoms with Gasteiger partial charge in [0.25, 0.3) is 0 Å². The molecule has 28 heavy (non-hydrogen) atoms. The van der Waals surface area contributed by atoms with Gasteiger partial charge in [-0.25, -0.2) is 18.0 Å². The maximum absolute atomic E-state index is 13.1. The van der Waals surface area contributed by atoms with Crippen LogP contribution in [-0.4, -0.2) is 45.9 Å². The van der Waals surface area contributed by atoms with Gasteiger partial charge in [-0.1, -0.05) is 29.3 Å². The summed E-state index contributed by atoms with van der Waals surface area (Å²) in [5, 5.41) is 0.627. The van der Waals surface area contributed by atoms with Crippen LogP contribution in [0, 0.1) is 0 Å². The van der Waals surface area contributed by atoms with Gasteiger partial charge in [0.15, 0.2) is 0 Å². The number of sulfonamides is 1. The van der Waals surface area contributed by atoms with E-state index >= 15 is 0 Å². The number of carbonyl (C=O) groups is 2. The molecule has 0 fully saturated rings. The minimum Gasteiger partial charge on any atom is -0.465 e. The Balaban J connectivity index is 2.50. The Morgan fingerprint density at radius 3 is 2.18 bits per heavy atom. The van der Waals surface area contributed by atoms with E-state index in [2.05, 4.69) is 9.47 Å². The maximum Gasteiger partial charge on any atom is 0.339 e. The molecule has 150 valence electrons. The molecule has 2 rings (SSSR count). The SMILES string of the molecule is COC(=O)c1ccc(C(=O)OC)c(S(=O)(=O)N(C)Cc2ccc(Cl)c(Cl)c2)c1. The van der Waals surface area contributed by atoms with Gasteiger partial charge >= 0.3 is 11.9 Å². The lowest BCUT2D eigenvalue weighted by molar-refractivity contribution is 0.0583. The molecule has 0 saturated heterocycles. The summed E-state index contributed by atoms with van der Waals surface area (Å²) in [6.45, 7) is -0.0394. The van der Waals surface area contributed by atoms with E-state index < -0.39 is 22.0 Å². The Morgan fingerprint density at radius 1 is 0.964 bits per heavy atom. The number of hydrogen-bond donors (Lipinski definition) is 0. The standard InChI is InChI=1S/C18H17Cl2NO6S/c1-21(10-11-4-7-14(19)15(20)8-11)28(24,25)16-9-12(17(22)26-2)5-6-13(16)18(23)27-3/h4-9H,10H2,1-3H3. The van der Waals surface area contributed by atoms with E-state index in [0.717, 1.165) is 17.5 Å². The second kappa shape index (κ2) is 8.91. The summed E-state index contributed by atoms with van der Waals surface area (Å²) < 4.78 is 36.5. The molecule has 0 spiro atoms. The van der Waals surface area contributed by atoms with Crippen molar-refractivity contribution in [2.24, 2.45) is 0 Å². The fourth-order valence-corrected chi connectivity index (χ4v) is 4.09. The molecule has 0 aromatic heterocycles. The van der Waals surface area contributed by atoms with E-state index in [4.69, 9.17) is 23.2 Å². The molecule has 0 bridgehead atoms. The number of hydrogen-bond acceptors (Lipinski definition) is 6. The Kier molecular flexibility index (Phi) is 7.06. The number of rotatable bonds is 6. The predicted octanol–water partition coefficient (Wildman–Crippen LogP) is 3.39. The summed E-state index contributed by atoms with van der Waals surface area (Å²) in [5.74, 6) is -1.59. The molecule has 0 aliphatic rings. The van der Waals surface area contributed by atoms with Crippen LogP contribution in [0.3, 0.4) is 0 Å². The van der Waals surface area contributed by atoms with Crippen LogP contribution in [0.2, 0.25) is 10.0 Å². The largest absolute Gasteiger partial charge is 0.465 e. The molecule has 2 aromatic rings. The lowest BCUT2D eigenvalue weighted by atomic mass is 10.1. The molecule has 0 saturated carbocycles. The van der Waals surface area contributed by atoms with E-state index in [-0.39, 0.29) is 27.6 Å². The molecule has 2 aromatic carbocycles. The molecule has 0 aliphatic heterocycles. The van der Waals surface area contributed by atoms with E-state index in [1.807, 2.05) is 0 Å². The third-order valence-electron chi connectivity index (χ3n) is 3.89. The van der Waals surface area contributed by atoms with Crippen molar-refractivity contribution >= 4 is 45.2 Å². The Hall–Kier alpha value is -2.13. The van der Waals surface area contributed by atoms with Crippen LogP contribution in [-0.2, 0) is 26.0 Å². The maximum atomic E-state index is 13.1. The molecule has 0 amide bonds. The van der Waals surface area contributed by atoms with Crippen LogP contribution in [0.5, 0.6) is 0 Å². The summed E-state index contributed by atoms with van der Waals surface area (Å²) in [4.78, 5) is 23.5. The van der Waals surface area contributed by atoms with E-state index in [0.29, 0.717) is 10.6 Å². The molecular formula is C18H17Cl2NO6S. The first kappa shape index (κ1) is 22.2. The first-order valence-corrected chi connectivity index (χ1v) is 10.0. The first-order chi connectivity index (χ1) is 13.1. The summed E-state index contributed by atoms with van der Waals surface area (Å²) in [6.07, 6.45) is 0. The van der Waals surface area contributed by atoms with Crippen molar-refractivity contribution in [1.82, 2.24) is 4.31 Å². The zero-order valence-corrected chi connectivity index (χ0v) is 17.6. The van der Waals surface area contributed by atoms with Gasteiger partial charge < -0.3 is 9.47 Å². The summed E-state index contributed by atoms with van der Waals surface area (Å²) in [6, 6.07) is 8.30. The first-order valence-electron chi connectivity index (χ1n) is 7.82. The normalized spacial score (nSPS) is 11.4. The van der Waals surface area contributed by atoms with Gasteiger partial charge in [-0.05, 0) is 35.9 Å². The van der Waals surface area contributed by atoms with Crippen LogP contribution < -0.4 is 0 Å². The van der Waals surface area contributed by atoms with E-state index in [1.54, 1.807) is 18.2 Å². The highest BCUT2D eigenvalue weighted by Gasteiger charge is 2.29. The van der Waals surface area contributed by atoms with Crippen LogP contribution in [0.25, 0.3) is 0 Å². The van der Waals surface area contributed by atoms with Crippen LogP contribution in [0.15, 0.2) is 41.3 Å². The zero-order chi connectivity index (χ0) is 21.1. The van der Waals surface area contributed by atoms with Gasteiger partial charge in [-0.3, -0.25) is 0 Å². The topological polar surface area (TPSA) is 90.0 Å². The summed E-state index contributed by atoms with van der Waals surface area (Å²) >= 11 is 11.8. The lowest BCUT2D eigenvalue weighted by Crippen LogP contribution is -2.28. The molecule has 0 aliphatic carbocycles. The molecule has 0 atom stereocenters. The van der Waals surface area contributed by atoms with Crippen molar-refractivity contribution in [1.29, 1.82) is 0 Å². The average Bonchev–Trinajstić information content (AvgIpc) is 2.68. The summed E-state index contributed by atoms with van der Waals surface area (Å²) in [5.41, 5.74) is 0.372. The van der Waals surface area contributed by atoms with E-state index in [9.17, 15) is 18.0 Å². The minimum atomic E-state index is -4.16. The Labute approximate surface area is 172 Å².